The van der Waals surface area contributed by atoms with Gasteiger partial charge in [-0.25, -0.2) is 13.6 Å². The van der Waals surface area contributed by atoms with Crippen LogP contribution < -0.4 is 5.32 Å². The van der Waals surface area contributed by atoms with Gasteiger partial charge in [0.15, 0.2) is 0 Å². The molecule has 106 valence electrons. The number of hydrogen-bond donors (Lipinski definition) is 2. The van der Waals surface area contributed by atoms with Crippen molar-refractivity contribution in [1.29, 1.82) is 0 Å². The average molecular weight is 274 g/mol. The number of carbonyl (C=O) groups excluding carboxylic acids is 1. The summed E-state index contributed by atoms with van der Waals surface area (Å²) in [4.78, 5) is 13.5. The third kappa shape index (κ3) is 3.40. The maximum atomic E-state index is 12.2. The van der Waals surface area contributed by atoms with Crippen molar-refractivity contribution in [3.63, 3.8) is 0 Å². The molecule has 2 N–H and O–H groups in total. The Morgan fingerprint density at radius 1 is 1.63 bits per heavy atom. The highest BCUT2D eigenvalue weighted by Gasteiger charge is 2.28. The summed E-state index contributed by atoms with van der Waals surface area (Å²) in [6, 6.07) is -0.510. The van der Waals surface area contributed by atoms with Gasteiger partial charge in [-0.3, -0.25) is 4.68 Å². The largest absolute Gasteiger partial charge is 0.394 e. The second-order valence-electron chi connectivity index (χ2n) is 4.44. The van der Waals surface area contributed by atoms with E-state index in [0.29, 0.717) is 12.2 Å². The summed E-state index contributed by atoms with van der Waals surface area (Å²) in [6.07, 6.45) is 1.82. The Labute approximate surface area is 109 Å². The molecular weight excluding hydrogens is 258 g/mol. The summed E-state index contributed by atoms with van der Waals surface area (Å²) in [5, 5.41) is 15.5. The monoisotopic (exact) mass is 274 g/mol. The van der Waals surface area contributed by atoms with Gasteiger partial charge in [-0.1, -0.05) is 0 Å². The van der Waals surface area contributed by atoms with Crippen molar-refractivity contribution in [3.05, 3.63) is 12.4 Å². The van der Waals surface area contributed by atoms with Gasteiger partial charge in [-0.2, -0.15) is 5.10 Å². The van der Waals surface area contributed by atoms with Gasteiger partial charge in [0.2, 0.25) is 0 Å². The summed E-state index contributed by atoms with van der Waals surface area (Å²) in [6.45, 7) is 0.0130. The standard InChI is InChI=1S/C11H16F2N4O2/c12-10(13)6-16-5-8(4-14-16)15-11(19)17-3-1-2-9(17)7-18/h4-5,9-10,18H,1-3,6-7H2,(H,15,19)/t9-/m1/s1. The minimum absolute atomic E-state index is 0.0714. The van der Waals surface area contributed by atoms with Crippen LogP contribution in [0.2, 0.25) is 0 Å². The SMILES string of the molecule is O=C(Nc1cnn(CC(F)F)c1)N1CCC[C@@H]1CO. The van der Waals surface area contributed by atoms with E-state index < -0.39 is 13.0 Å². The van der Waals surface area contributed by atoms with Gasteiger partial charge in [0.05, 0.1) is 24.5 Å². The van der Waals surface area contributed by atoms with Crippen LogP contribution in [0, 0.1) is 0 Å². The summed E-state index contributed by atoms with van der Waals surface area (Å²) in [7, 11) is 0. The lowest BCUT2D eigenvalue weighted by atomic mass is 10.2. The first-order chi connectivity index (χ1) is 9.10. The number of anilines is 1. The Balaban J connectivity index is 1.93. The van der Waals surface area contributed by atoms with Crippen LogP contribution >= 0.6 is 0 Å². The normalized spacial score (nSPS) is 19.2. The van der Waals surface area contributed by atoms with Crippen molar-refractivity contribution < 1.29 is 18.7 Å². The fourth-order valence-electron chi connectivity index (χ4n) is 2.16. The van der Waals surface area contributed by atoms with Gasteiger partial charge in [0.25, 0.3) is 6.43 Å². The Kier molecular flexibility index (Phi) is 4.31. The van der Waals surface area contributed by atoms with Gasteiger partial charge in [0, 0.05) is 12.7 Å². The van der Waals surface area contributed by atoms with E-state index in [9.17, 15) is 13.6 Å². The highest BCUT2D eigenvalue weighted by Crippen LogP contribution is 2.18. The van der Waals surface area contributed by atoms with Gasteiger partial charge in [-0.05, 0) is 12.8 Å². The van der Waals surface area contributed by atoms with E-state index in [1.54, 1.807) is 4.90 Å². The van der Waals surface area contributed by atoms with Gasteiger partial charge >= 0.3 is 6.03 Å². The summed E-state index contributed by atoms with van der Waals surface area (Å²) in [5.41, 5.74) is 0.370. The molecule has 1 aliphatic rings. The number of aromatic nitrogens is 2. The van der Waals surface area contributed by atoms with Crippen molar-refractivity contribution in [3.8, 4) is 0 Å². The Hall–Kier alpha value is -1.70. The number of aliphatic hydroxyl groups excluding tert-OH is 1. The highest BCUT2D eigenvalue weighted by atomic mass is 19.3. The fraction of sp³-hybridized carbons (Fsp3) is 0.636. The number of nitrogens with one attached hydrogen (secondary N) is 1. The van der Waals surface area contributed by atoms with E-state index in [2.05, 4.69) is 10.4 Å². The smallest absolute Gasteiger partial charge is 0.322 e. The van der Waals surface area contributed by atoms with E-state index in [1.165, 1.54) is 12.4 Å². The molecule has 2 heterocycles. The van der Waals surface area contributed by atoms with Crippen molar-refractivity contribution in [2.24, 2.45) is 0 Å². The van der Waals surface area contributed by atoms with E-state index in [0.717, 1.165) is 17.5 Å². The number of aliphatic hydroxyl groups is 1. The van der Waals surface area contributed by atoms with Crippen LogP contribution in [0.15, 0.2) is 12.4 Å². The first kappa shape index (κ1) is 13.7. The average Bonchev–Trinajstić information content (AvgIpc) is 2.96. The zero-order chi connectivity index (χ0) is 13.8. The van der Waals surface area contributed by atoms with Crippen LogP contribution in [-0.2, 0) is 6.54 Å². The van der Waals surface area contributed by atoms with Gasteiger partial charge < -0.3 is 15.3 Å². The fourth-order valence-corrected chi connectivity index (χ4v) is 2.16. The molecule has 1 aliphatic heterocycles. The van der Waals surface area contributed by atoms with Crippen molar-refractivity contribution in [2.75, 3.05) is 18.5 Å². The van der Waals surface area contributed by atoms with E-state index >= 15 is 0 Å². The lowest BCUT2D eigenvalue weighted by molar-refractivity contribution is 0.122. The number of urea groups is 1. The number of rotatable bonds is 4. The minimum atomic E-state index is -2.49. The van der Waals surface area contributed by atoms with Crippen LogP contribution in [0.3, 0.4) is 0 Å². The predicted molar refractivity (Wildman–Crippen MR) is 64.1 cm³/mol. The number of likely N-dealkylation sites (tertiary alicyclic amines) is 1. The number of hydrogen-bond acceptors (Lipinski definition) is 3. The van der Waals surface area contributed by atoms with Crippen molar-refractivity contribution >= 4 is 11.7 Å². The van der Waals surface area contributed by atoms with Crippen LogP contribution in [0.5, 0.6) is 0 Å². The molecule has 1 fully saturated rings. The Bertz CT molecular complexity index is 438. The molecule has 0 spiro atoms. The van der Waals surface area contributed by atoms with Crippen molar-refractivity contribution in [1.82, 2.24) is 14.7 Å². The number of halogens is 2. The molecule has 2 rings (SSSR count). The topological polar surface area (TPSA) is 70.4 Å². The lowest BCUT2D eigenvalue weighted by Crippen LogP contribution is -2.40. The summed E-state index contributed by atoms with van der Waals surface area (Å²) < 4.78 is 25.4. The number of carbonyl (C=O) groups is 1. The molecule has 0 radical (unpaired) electrons. The van der Waals surface area contributed by atoms with Crippen LogP contribution in [0.1, 0.15) is 12.8 Å². The highest BCUT2D eigenvalue weighted by molar-refractivity contribution is 5.89. The second-order valence-corrected chi connectivity index (χ2v) is 4.44. The minimum Gasteiger partial charge on any atom is -0.394 e. The summed E-state index contributed by atoms with van der Waals surface area (Å²) in [5.74, 6) is 0. The van der Waals surface area contributed by atoms with E-state index in [-0.39, 0.29) is 18.7 Å². The predicted octanol–water partition coefficient (Wildman–Crippen LogP) is 1.14. The lowest BCUT2D eigenvalue weighted by Gasteiger charge is -2.22. The van der Waals surface area contributed by atoms with Gasteiger partial charge in [0.1, 0.15) is 6.54 Å². The molecule has 8 heteroatoms. The molecule has 1 saturated heterocycles. The first-order valence-electron chi connectivity index (χ1n) is 6.09. The molecule has 19 heavy (non-hydrogen) atoms. The third-order valence-corrected chi connectivity index (χ3v) is 3.06. The number of nitrogens with zero attached hydrogens (tertiary/aromatic N) is 3. The molecule has 0 aliphatic carbocycles. The Morgan fingerprint density at radius 2 is 2.42 bits per heavy atom. The molecule has 0 saturated carbocycles. The molecule has 1 atom stereocenters. The second kappa shape index (κ2) is 5.96. The van der Waals surface area contributed by atoms with E-state index in [4.69, 9.17) is 5.11 Å². The van der Waals surface area contributed by atoms with Crippen LogP contribution in [-0.4, -0.2) is 51.4 Å². The quantitative estimate of drug-likeness (QED) is 0.865. The molecule has 1 aromatic heterocycles. The van der Waals surface area contributed by atoms with Gasteiger partial charge in [-0.15, -0.1) is 0 Å². The Morgan fingerprint density at radius 3 is 3.11 bits per heavy atom. The number of alkyl halides is 2. The van der Waals surface area contributed by atoms with Crippen LogP contribution in [0.25, 0.3) is 0 Å². The molecule has 0 bridgehead atoms. The molecule has 0 unspecified atom stereocenters. The molecule has 2 amide bonds. The molecular formula is C11H16F2N4O2. The number of amides is 2. The third-order valence-electron chi connectivity index (χ3n) is 3.06. The van der Waals surface area contributed by atoms with Crippen molar-refractivity contribution in [2.45, 2.75) is 31.9 Å². The zero-order valence-electron chi connectivity index (χ0n) is 10.3. The molecule has 0 aromatic carbocycles. The first-order valence-corrected chi connectivity index (χ1v) is 6.09. The molecule has 1 aromatic rings. The van der Waals surface area contributed by atoms with Crippen LogP contribution in [0.4, 0.5) is 19.3 Å². The maximum absolute atomic E-state index is 12.2. The maximum Gasteiger partial charge on any atom is 0.322 e. The zero-order valence-corrected chi connectivity index (χ0v) is 10.3. The van der Waals surface area contributed by atoms with E-state index in [1.807, 2.05) is 0 Å². The summed E-state index contributed by atoms with van der Waals surface area (Å²) >= 11 is 0. The molecule has 6 nitrogen and oxygen atoms in total.